The highest BCUT2D eigenvalue weighted by molar-refractivity contribution is 8.00. The summed E-state index contributed by atoms with van der Waals surface area (Å²) in [5.41, 5.74) is 5.04. The van der Waals surface area contributed by atoms with Crippen molar-refractivity contribution in [3.63, 3.8) is 0 Å². The van der Waals surface area contributed by atoms with Crippen molar-refractivity contribution in [2.75, 3.05) is 7.05 Å². The Bertz CT molecular complexity index is 572. The molecule has 0 amide bonds. The van der Waals surface area contributed by atoms with Crippen LogP contribution in [0.25, 0.3) is 0 Å². The van der Waals surface area contributed by atoms with Gasteiger partial charge in [-0.1, -0.05) is 59.6 Å². The molecule has 0 aromatic rings. The van der Waals surface area contributed by atoms with Gasteiger partial charge in [0, 0.05) is 19.3 Å². The Morgan fingerprint density at radius 2 is 2.14 bits per heavy atom. The number of hydrogen-bond donors (Lipinski definition) is 1. The monoisotopic (exact) mass is 314 g/mol. The van der Waals surface area contributed by atoms with Crippen LogP contribution in [0.15, 0.2) is 75.2 Å². The average molecular weight is 314 g/mol. The summed E-state index contributed by atoms with van der Waals surface area (Å²) in [5.74, 6) is 0. The third kappa shape index (κ3) is 6.92. The molecule has 22 heavy (non-hydrogen) atoms. The number of nitrogens with one attached hydrogen (secondary N) is 1. The number of rotatable bonds is 3. The van der Waals surface area contributed by atoms with Crippen molar-refractivity contribution in [3.8, 4) is 0 Å². The van der Waals surface area contributed by atoms with Crippen molar-refractivity contribution in [1.29, 1.82) is 0 Å². The first-order valence-corrected chi connectivity index (χ1v) is 8.33. The zero-order valence-electron chi connectivity index (χ0n) is 14.1. The van der Waals surface area contributed by atoms with Gasteiger partial charge in [-0.25, -0.2) is 0 Å². The van der Waals surface area contributed by atoms with Crippen LogP contribution in [-0.2, 0) is 0 Å². The van der Waals surface area contributed by atoms with E-state index in [2.05, 4.69) is 79.3 Å². The van der Waals surface area contributed by atoms with E-state index in [1.165, 1.54) is 22.3 Å². The van der Waals surface area contributed by atoms with Crippen molar-refractivity contribution in [1.82, 2.24) is 4.72 Å². The van der Waals surface area contributed by atoms with Crippen molar-refractivity contribution in [2.45, 2.75) is 33.7 Å². The number of allylic oxidation sites excluding steroid dienone is 9. The van der Waals surface area contributed by atoms with E-state index >= 15 is 0 Å². The second kappa shape index (κ2) is 10.2. The molecular formula is C19H26N2S. The molecule has 1 unspecified atom stereocenters. The van der Waals surface area contributed by atoms with Crippen LogP contribution in [0.5, 0.6) is 0 Å². The van der Waals surface area contributed by atoms with Crippen LogP contribution >= 0.6 is 11.9 Å². The Kier molecular flexibility index (Phi) is 8.56. The van der Waals surface area contributed by atoms with Gasteiger partial charge in [-0.3, -0.25) is 9.71 Å². The quantitative estimate of drug-likeness (QED) is 0.442. The Morgan fingerprint density at radius 3 is 2.86 bits per heavy atom. The van der Waals surface area contributed by atoms with Crippen LogP contribution in [-0.4, -0.2) is 19.3 Å². The van der Waals surface area contributed by atoms with E-state index in [1.807, 2.05) is 6.08 Å². The Morgan fingerprint density at radius 1 is 1.36 bits per heavy atom. The fraction of sp³-hybridized carbons (Fsp3) is 0.316. The van der Waals surface area contributed by atoms with Crippen molar-refractivity contribution >= 4 is 18.2 Å². The lowest BCUT2D eigenvalue weighted by molar-refractivity contribution is 0.807. The molecule has 1 N–H and O–H groups in total. The average Bonchev–Trinajstić information content (AvgIpc) is 2.46. The van der Waals surface area contributed by atoms with E-state index in [4.69, 9.17) is 0 Å². The summed E-state index contributed by atoms with van der Waals surface area (Å²) >= 11 is 1.62. The summed E-state index contributed by atoms with van der Waals surface area (Å²) in [6.07, 6.45) is 16.6. The molecule has 0 aromatic carbocycles. The highest BCUT2D eigenvalue weighted by Gasteiger charge is 2.10. The molecule has 0 saturated carbocycles. The Labute approximate surface area is 139 Å². The molecule has 0 spiro atoms. The van der Waals surface area contributed by atoms with Gasteiger partial charge in [-0.15, -0.1) is 0 Å². The third-order valence-electron chi connectivity index (χ3n) is 3.24. The zero-order valence-corrected chi connectivity index (χ0v) is 14.9. The molecule has 0 aromatic heterocycles. The molecule has 1 atom stereocenters. The molecule has 1 aliphatic rings. The fourth-order valence-corrected chi connectivity index (χ4v) is 2.65. The van der Waals surface area contributed by atoms with E-state index in [0.29, 0.717) is 0 Å². The lowest BCUT2D eigenvalue weighted by Gasteiger charge is -2.18. The van der Waals surface area contributed by atoms with Crippen LogP contribution in [0, 0.1) is 0 Å². The van der Waals surface area contributed by atoms with Crippen LogP contribution in [0.4, 0.5) is 0 Å². The van der Waals surface area contributed by atoms with Crippen LogP contribution in [0.3, 0.4) is 0 Å². The van der Waals surface area contributed by atoms with Gasteiger partial charge in [0.25, 0.3) is 0 Å². The molecular weight excluding hydrogens is 288 g/mol. The van der Waals surface area contributed by atoms with Crippen molar-refractivity contribution in [3.05, 3.63) is 70.2 Å². The maximum Gasteiger partial charge on any atom is 0.0399 e. The van der Waals surface area contributed by atoms with Gasteiger partial charge in [0.05, 0.1) is 0 Å². The number of nitrogens with zero attached hydrogens (tertiary/aromatic N) is 1. The topological polar surface area (TPSA) is 24.4 Å². The van der Waals surface area contributed by atoms with Crippen LogP contribution in [0.2, 0.25) is 0 Å². The smallest absolute Gasteiger partial charge is 0.0399 e. The summed E-state index contributed by atoms with van der Waals surface area (Å²) in [6, 6.07) is 0.280. The fourth-order valence-electron chi connectivity index (χ4n) is 2.08. The van der Waals surface area contributed by atoms with Gasteiger partial charge in [0.2, 0.25) is 0 Å². The predicted molar refractivity (Wildman–Crippen MR) is 102 cm³/mol. The molecule has 1 aliphatic heterocycles. The summed E-state index contributed by atoms with van der Waals surface area (Å²) in [7, 11) is 1.77. The molecule has 0 bridgehead atoms. The minimum atomic E-state index is 0.280. The molecule has 0 aliphatic carbocycles. The van der Waals surface area contributed by atoms with Crippen molar-refractivity contribution in [2.24, 2.45) is 4.99 Å². The van der Waals surface area contributed by atoms with Gasteiger partial charge in [-0.2, -0.15) is 0 Å². The first-order chi connectivity index (χ1) is 10.5. The Hall–Kier alpha value is -1.58. The molecule has 0 fully saturated rings. The third-order valence-corrected chi connectivity index (χ3v) is 4.02. The maximum absolute atomic E-state index is 3.94. The lowest BCUT2D eigenvalue weighted by Crippen LogP contribution is -2.21. The second-order valence-corrected chi connectivity index (χ2v) is 6.07. The van der Waals surface area contributed by atoms with Gasteiger partial charge in [0.15, 0.2) is 0 Å². The first kappa shape index (κ1) is 18.5. The van der Waals surface area contributed by atoms with E-state index in [0.717, 1.165) is 0 Å². The van der Waals surface area contributed by atoms with E-state index in [1.54, 1.807) is 25.2 Å². The molecule has 1 rings (SSSR count). The van der Waals surface area contributed by atoms with Crippen LogP contribution in [0.1, 0.15) is 27.7 Å². The molecule has 0 radical (unpaired) electrons. The maximum atomic E-state index is 3.94. The van der Waals surface area contributed by atoms with Crippen molar-refractivity contribution < 1.29 is 0 Å². The SMILES string of the molecule is C\N=C/C=C\C(C)=C\C=C1\C(C)=C\C(C)=C/C=C/SNC1C. The minimum absolute atomic E-state index is 0.280. The van der Waals surface area contributed by atoms with Gasteiger partial charge < -0.3 is 0 Å². The number of aliphatic imine (C=N–C) groups is 1. The van der Waals surface area contributed by atoms with Gasteiger partial charge >= 0.3 is 0 Å². The van der Waals surface area contributed by atoms with E-state index in [-0.39, 0.29) is 6.04 Å². The molecule has 2 nitrogen and oxygen atoms in total. The van der Waals surface area contributed by atoms with E-state index < -0.39 is 0 Å². The molecule has 1 heterocycles. The van der Waals surface area contributed by atoms with E-state index in [9.17, 15) is 0 Å². The molecule has 0 saturated heterocycles. The van der Waals surface area contributed by atoms with Crippen LogP contribution < -0.4 is 4.72 Å². The minimum Gasteiger partial charge on any atom is -0.297 e. The molecule has 118 valence electrons. The standard InChI is InChI=1S/C19H26N2S/c1-15(8-6-12-20-5)10-11-19-17(3)14-16(2)9-7-13-22-21-18(19)4/h6-14,18,21H,1-5H3/b8-6-,13-7+,15-10+,16-9-,17-14+,19-11-,20-12-. The summed E-state index contributed by atoms with van der Waals surface area (Å²) in [6.45, 7) is 8.58. The lowest BCUT2D eigenvalue weighted by atomic mass is 9.98. The van der Waals surface area contributed by atoms with Gasteiger partial charge in [0.1, 0.15) is 0 Å². The highest BCUT2D eigenvalue weighted by atomic mass is 32.2. The second-order valence-electron chi connectivity index (χ2n) is 5.32. The summed E-state index contributed by atoms with van der Waals surface area (Å²) < 4.78 is 3.45. The molecule has 3 heteroatoms. The zero-order chi connectivity index (χ0) is 16.4. The highest BCUT2D eigenvalue weighted by Crippen LogP contribution is 2.20. The number of hydrogen-bond acceptors (Lipinski definition) is 3. The first-order valence-electron chi connectivity index (χ1n) is 7.45. The normalized spacial score (nSPS) is 29.4. The Balaban J connectivity index is 3.07. The largest absolute Gasteiger partial charge is 0.297 e. The summed E-state index contributed by atoms with van der Waals surface area (Å²) in [4.78, 5) is 3.94. The van der Waals surface area contributed by atoms with Gasteiger partial charge in [-0.05, 0) is 50.3 Å². The summed E-state index contributed by atoms with van der Waals surface area (Å²) in [5, 5.41) is 2.07. The predicted octanol–water partition coefficient (Wildman–Crippen LogP) is 5.16.